The number of carbonyl (C=O) groups excluding carboxylic acids is 1. The Balaban J connectivity index is 3.50. The molecule has 0 aromatic rings. The van der Waals surface area contributed by atoms with Crippen LogP contribution in [-0.2, 0) is 9.53 Å². The van der Waals surface area contributed by atoms with Gasteiger partial charge in [0.2, 0.25) is 0 Å². The molecule has 4 heteroatoms. The molecule has 0 bridgehead atoms. The number of hydrogen-bond acceptors (Lipinski definition) is 4. The molecule has 0 radical (unpaired) electrons. The summed E-state index contributed by atoms with van der Waals surface area (Å²) in [5.74, 6) is -0.186. The Morgan fingerprint density at radius 2 is 2.00 bits per heavy atom. The molecule has 4 nitrogen and oxygen atoms in total. The third-order valence-corrected chi connectivity index (χ3v) is 1.83. The van der Waals surface area contributed by atoms with E-state index >= 15 is 0 Å². The first kappa shape index (κ1) is 12.4. The Labute approximate surface area is 79.6 Å². The maximum atomic E-state index is 11.2. The second-order valence-electron chi connectivity index (χ2n) is 3.43. The molecule has 0 heterocycles. The van der Waals surface area contributed by atoms with Crippen LogP contribution in [0.2, 0.25) is 0 Å². The zero-order valence-electron chi connectivity index (χ0n) is 8.45. The molecule has 0 spiro atoms. The normalized spacial score (nSPS) is 13.0. The maximum Gasteiger partial charge on any atom is 0.323 e. The summed E-state index contributed by atoms with van der Waals surface area (Å²) >= 11 is 0. The topological polar surface area (TPSA) is 78.3 Å². The van der Waals surface area contributed by atoms with Crippen molar-refractivity contribution in [3.8, 4) is 0 Å². The molecule has 0 aliphatic carbocycles. The number of carbonyl (C=O) groups is 1. The summed E-state index contributed by atoms with van der Waals surface area (Å²) in [6, 6.07) is -0.502. The fourth-order valence-electron chi connectivity index (χ4n) is 0.788. The summed E-state index contributed by atoms with van der Waals surface area (Å²) in [5, 5.41) is 0. The van der Waals surface area contributed by atoms with E-state index < -0.39 is 6.04 Å². The Kier molecular flexibility index (Phi) is 6.54. The molecule has 78 valence electrons. The van der Waals surface area contributed by atoms with Crippen molar-refractivity contribution >= 4 is 5.97 Å². The SMILES string of the molecule is CC(C)[C@H](N)C(=O)OCCCCN. The van der Waals surface area contributed by atoms with Crippen LogP contribution >= 0.6 is 0 Å². The van der Waals surface area contributed by atoms with Crippen LogP contribution in [-0.4, -0.2) is 25.2 Å². The van der Waals surface area contributed by atoms with Gasteiger partial charge in [-0.25, -0.2) is 0 Å². The summed E-state index contributed by atoms with van der Waals surface area (Å²) in [5.41, 5.74) is 10.9. The molecule has 0 fully saturated rings. The zero-order valence-corrected chi connectivity index (χ0v) is 8.45. The lowest BCUT2D eigenvalue weighted by Crippen LogP contribution is -2.37. The second kappa shape index (κ2) is 6.86. The Morgan fingerprint density at radius 3 is 2.46 bits per heavy atom. The van der Waals surface area contributed by atoms with E-state index in [-0.39, 0.29) is 11.9 Å². The van der Waals surface area contributed by atoms with Crippen molar-refractivity contribution in [1.82, 2.24) is 0 Å². The van der Waals surface area contributed by atoms with Crippen molar-refractivity contribution in [2.75, 3.05) is 13.2 Å². The maximum absolute atomic E-state index is 11.2. The molecule has 0 aliphatic heterocycles. The van der Waals surface area contributed by atoms with Gasteiger partial charge in [-0.1, -0.05) is 13.8 Å². The van der Waals surface area contributed by atoms with Crippen molar-refractivity contribution in [1.29, 1.82) is 0 Å². The molecule has 0 saturated carbocycles. The summed E-state index contributed by atoms with van der Waals surface area (Å²) < 4.78 is 4.95. The van der Waals surface area contributed by atoms with E-state index in [1.165, 1.54) is 0 Å². The van der Waals surface area contributed by atoms with Crippen LogP contribution in [0.25, 0.3) is 0 Å². The number of nitrogens with two attached hydrogens (primary N) is 2. The third-order valence-electron chi connectivity index (χ3n) is 1.83. The van der Waals surface area contributed by atoms with E-state index in [4.69, 9.17) is 16.2 Å². The monoisotopic (exact) mass is 188 g/mol. The van der Waals surface area contributed by atoms with Crippen LogP contribution in [0.5, 0.6) is 0 Å². The average molecular weight is 188 g/mol. The van der Waals surface area contributed by atoms with Crippen molar-refractivity contribution in [3.05, 3.63) is 0 Å². The predicted molar refractivity (Wildman–Crippen MR) is 52.1 cm³/mol. The minimum atomic E-state index is -0.502. The lowest BCUT2D eigenvalue weighted by Gasteiger charge is -2.14. The van der Waals surface area contributed by atoms with E-state index in [0.717, 1.165) is 12.8 Å². The number of rotatable bonds is 6. The van der Waals surface area contributed by atoms with Crippen molar-refractivity contribution in [2.45, 2.75) is 32.7 Å². The van der Waals surface area contributed by atoms with E-state index in [1.54, 1.807) is 0 Å². The minimum absolute atomic E-state index is 0.127. The Morgan fingerprint density at radius 1 is 1.38 bits per heavy atom. The number of unbranched alkanes of at least 4 members (excludes halogenated alkanes) is 1. The minimum Gasteiger partial charge on any atom is -0.465 e. The quantitative estimate of drug-likeness (QED) is 0.462. The molecule has 0 saturated heterocycles. The summed E-state index contributed by atoms with van der Waals surface area (Å²) in [4.78, 5) is 11.2. The molecule has 0 aromatic heterocycles. The smallest absolute Gasteiger partial charge is 0.323 e. The molecule has 0 aromatic carbocycles. The zero-order chi connectivity index (χ0) is 10.3. The van der Waals surface area contributed by atoms with Gasteiger partial charge >= 0.3 is 5.97 Å². The van der Waals surface area contributed by atoms with Gasteiger partial charge in [0.05, 0.1) is 6.61 Å². The van der Waals surface area contributed by atoms with Gasteiger partial charge in [-0.05, 0) is 25.3 Å². The third kappa shape index (κ3) is 5.60. The molecule has 1 atom stereocenters. The van der Waals surface area contributed by atoms with Crippen molar-refractivity contribution < 1.29 is 9.53 Å². The van der Waals surface area contributed by atoms with Gasteiger partial charge in [-0.3, -0.25) is 4.79 Å². The fraction of sp³-hybridized carbons (Fsp3) is 0.889. The highest BCUT2D eigenvalue weighted by atomic mass is 16.5. The first-order chi connectivity index (χ1) is 6.09. The second-order valence-corrected chi connectivity index (χ2v) is 3.43. The molecule has 4 N–H and O–H groups in total. The first-order valence-electron chi connectivity index (χ1n) is 4.72. The van der Waals surface area contributed by atoms with Gasteiger partial charge in [0.15, 0.2) is 0 Å². The molecule has 0 aliphatic rings. The van der Waals surface area contributed by atoms with Crippen LogP contribution in [0.3, 0.4) is 0 Å². The van der Waals surface area contributed by atoms with E-state index in [0.29, 0.717) is 13.2 Å². The number of hydrogen-bond donors (Lipinski definition) is 2. The van der Waals surface area contributed by atoms with Crippen molar-refractivity contribution in [3.63, 3.8) is 0 Å². The standard InChI is InChI=1S/C9H20N2O2/c1-7(2)8(11)9(12)13-6-4-3-5-10/h7-8H,3-6,10-11H2,1-2H3/t8-/m0/s1. The predicted octanol–water partition coefficient (Wildman–Crippen LogP) is 0.252. The highest BCUT2D eigenvalue weighted by Gasteiger charge is 2.17. The van der Waals surface area contributed by atoms with Crippen molar-refractivity contribution in [2.24, 2.45) is 17.4 Å². The van der Waals surface area contributed by atoms with Gasteiger partial charge in [-0.2, -0.15) is 0 Å². The van der Waals surface area contributed by atoms with E-state index in [9.17, 15) is 4.79 Å². The Hall–Kier alpha value is -0.610. The van der Waals surface area contributed by atoms with Crippen LogP contribution < -0.4 is 11.5 Å². The lowest BCUT2D eigenvalue weighted by atomic mass is 10.1. The lowest BCUT2D eigenvalue weighted by molar-refractivity contribution is -0.146. The van der Waals surface area contributed by atoms with Gasteiger partial charge in [0, 0.05) is 0 Å². The highest BCUT2D eigenvalue weighted by molar-refractivity contribution is 5.75. The number of esters is 1. The fourth-order valence-corrected chi connectivity index (χ4v) is 0.788. The molecule has 13 heavy (non-hydrogen) atoms. The largest absolute Gasteiger partial charge is 0.465 e. The van der Waals surface area contributed by atoms with Crippen LogP contribution in [0.4, 0.5) is 0 Å². The highest BCUT2D eigenvalue weighted by Crippen LogP contribution is 2.01. The van der Waals surface area contributed by atoms with Crippen LogP contribution in [0.1, 0.15) is 26.7 Å². The van der Waals surface area contributed by atoms with Gasteiger partial charge in [0.1, 0.15) is 6.04 Å². The first-order valence-corrected chi connectivity index (χ1v) is 4.72. The summed E-state index contributed by atoms with van der Waals surface area (Å²) in [6.07, 6.45) is 1.69. The van der Waals surface area contributed by atoms with Gasteiger partial charge in [-0.15, -0.1) is 0 Å². The summed E-state index contributed by atoms with van der Waals surface area (Å²) in [7, 11) is 0. The van der Waals surface area contributed by atoms with E-state index in [1.807, 2.05) is 13.8 Å². The number of ether oxygens (including phenoxy) is 1. The van der Waals surface area contributed by atoms with Crippen LogP contribution in [0, 0.1) is 5.92 Å². The van der Waals surface area contributed by atoms with Crippen LogP contribution in [0.15, 0.2) is 0 Å². The molecule has 0 amide bonds. The molecular weight excluding hydrogens is 168 g/mol. The average Bonchev–Trinajstić information content (AvgIpc) is 2.10. The molecular formula is C9H20N2O2. The molecule has 0 rings (SSSR count). The Bertz CT molecular complexity index is 149. The van der Waals surface area contributed by atoms with Gasteiger partial charge in [0.25, 0.3) is 0 Å². The van der Waals surface area contributed by atoms with E-state index in [2.05, 4.69) is 0 Å². The van der Waals surface area contributed by atoms with Gasteiger partial charge < -0.3 is 16.2 Å². The summed E-state index contributed by atoms with van der Waals surface area (Å²) in [6.45, 7) is 4.85. The molecule has 0 unspecified atom stereocenters.